The molecule has 0 bridgehead atoms. The monoisotopic (exact) mass is 322 g/mol. The summed E-state index contributed by atoms with van der Waals surface area (Å²) in [4.78, 5) is 17.7. The molecule has 0 aliphatic heterocycles. The van der Waals surface area contributed by atoms with Gasteiger partial charge in [-0.05, 0) is 23.8 Å². The van der Waals surface area contributed by atoms with Crippen molar-refractivity contribution in [2.45, 2.75) is 0 Å². The third kappa shape index (κ3) is 2.54. The van der Waals surface area contributed by atoms with Crippen LogP contribution in [0.15, 0.2) is 59.8 Å². The van der Waals surface area contributed by atoms with E-state index in [1.54, 1.807) is 41.3 Å². The van der Waals surface area contributed by atoms with Crippen LogP contribution in [-0.4, -0.2) is 19.9 Å². The zero-order chi connectivity index (χ0) is 14.8. The van der Waals surface area contributed by atoms with Gasteiger partial charge in [0.2, 0.25) is 0 Å². The Balaban J connectivity index is 1.91. The summed E-state index contributed by atoms with van der Waals surface area (Å²) in [5.41, 5.74) is 3.85. The largest absolute Gasteiger partial charge is 0.264 e. The Labute approximate surface area is 135 Å². The van der Waals surface area contributed by atoms with Crippen LogP contribution in [0.2, 0.25) is 0 Å². The number of pyridine rings is 2. The van der Waals surface area contributed by atoms with E-state index in [-0.39, 0.29) is 0 Å². The van der Waals surface area contributed by atoms with Gasteiger partial charge >= 0.3 is 0 Å². The van der Waals surface area contributed by atoms with Gasteiger partial charge in [0.05, 0.1) is 0 Å². The normalized spacial score (nSPS) is 10.7. The fourth-order valence-corrected chi connectivity index (χ4v) is 3.35. The fourth-order valence-electron chi connectivity index (χ4n) is 2.15. The minimum absolute atomic E-state index is 0.863. The van der Waals surface area contributed by atoms with Gasteiger partial charge in [-0.3, -0.25) is 4.98 Å². The highest BCUT2D eigenvalue weighted by Crippen LogP contribution is 2.31. The Kier molecular flexibility index (Phi) is 3.46. The van der Waals surface area contributed by atoms with Gasteiger partial charge in [0.15, 0.2) is 0 Å². The second-order valence-electron chi connectivity index (χ2n) is 4.54. The van der Waals surface area contributed by atoms with Crippen molar-refractivity contribution >= 4 is 22.7 Å². The molecule has 0 spiro atoms. The molecule has 0 aromatic carbocycles. The van der Waals surface area contributed by atoms with Gasteiger partial charge in [-0.2, -0.15) is 0 Å². The van der Waals surface area contributed by atoms with Crippen LogP contribution in [-0.2, 0) is 0 Å². The van der Waals surface area contributed by atoms with E-state index in [2.05, 4.69) is 15.0 Å². The summed E-state index contributed by atoms with van der Waals surface area (Å²) in [6, 6.07) is 8.07. The molecule has 0 saturated carbocycles. The first-order valence-corrected chi connectivity index (χ1v) is 8.38. The second-order valence-corrected chi connectivity index (χ2v) is 6.33. The van der Waals surface area contributed by atoms with Crippen molar-refractivity contribution in [3.63, 3.8) is 0 Å². The molecule has 0 saturated heterocycles. The first-order chi connectivity index (χ1) is 10.9. The first kappa shape index (κ1) is 13.2. The van der Waals surface area contributed by atoms with Crippen molar-refractivity contribution in [3.05, 3.63) is 59.8 Å². The van der Waals surface area contributed by atoms with E-state index >= 15 is 0 Å². The zero-order valence-electron chi connectivity index (χ0n) is 11.4. The van der Waals surface area contributed by atoms with Crippen LogP contribution >= 0.6 is 22.7 Å². The Morgan fingerprint density at radius 2 is 1.45 bits per heavy atom. The van der Waals surface area contributed by atoms with E-state index in [0.717, 1.165) is 32.5 Å². The fraction of sp³-hybridized carbons (Fsp3) is 0. The summed E-state index contributed by atoms with van der Waals surface area (Å²) < 4.78 is 0. The van der Waals surface area contributed by atoms with Gasteiger partial charge in [-0.1, -0.05) is 6.07 Å². The first-order valence-electron chi connectivity index (χ1n) is 6.62. The molecule has 0 unspecified atom stereocenters. The molecule has 4 aromatic heterocycles. The van der Waals surface area contributed by atoms with E-state index < -0.39 is 0 Å². The molecule has 22 heavy (non-hydrogen) atoms. The maximum atomic E-state index is 4.72. The molecular formula is C16H10N4S2. The Morgan fingerprint density at radius 1 is 0.773 bits per heavy atom. The molecule has 4 heterocycles. The molecule has 4 aromatic rings. The van der Waals surface area contributed by atoms with E-state index in [1.807, 2.05) is 41.2 Å². The van der Waals surface area contributed by atoms with Crippen molar-refractivity contribution in [2.24, 2.45) is 0 Å². The minimum atomic E-state index is 0.863. The number of hydrogen-bond donors (Lipinski definition) is 0. The third-order valence-electron chi connectivity index (χ3n) is 3.12. The molecule has 0 atom stereocenters. The molecule has 0 aliphatic rings. The van der Waals surface area contributed by atoms with E-state index in [9.17, 15) is 0 Å². The highest BCUT2D eigenvalue weighted by molar-refractivity contribution is 7.13. The molecule has 4 rings (SSSR count). The molecular weight excluding hydrogens is 312 g/mol. The van der Waals surface area contributed by atoms with Crippen LogP contribution < -0.4 is 0 Å². The molecule has 0 aliphatic carbocycles. The van der Waals surface area contributed by atoms with Gasteiger partial charge in [-0.15, -0.1) is 22.7 Å². The lowest BCUT2D eigenvalue weighted by atomic mass is 10.1. The van der Waals surface area contributed by atoms with Crippen molar-refractivity contribution in [1.82, 2.24) is 19.9 Å². The molecule has 0 radical (unpaired) electrons. The average molecular weight is 322 g/mol. The molecule has 0 fully saturated rings. The van der Waals surface area contributed by atoms with Gasteiger partial charge in [-0.25, -0.2) is 15.0 Å². The highest BCUT2D eigenvalue weighted by atomic mass is 32.1. The van der Waals surface area contributed by atoms with Crippen molar-refractivity contribution in [3.8, 4) is 32.5 Å². The summed E-state index contributed by atoms with van der Waals surface area (Å²) in [5, 5.41) is 5.72. The lowest BCUT2D eigenvalue weighted by molar-refractivity contribution is 1.27. The smallest absolute Gasteiger partial charge is 0.141 e. The summed E-state index contributed by atoms with van der Waals surface area (Å²) in [7, 11) is 0. The highest BCUT2D eigenvalue weighted by Gasteiger charge is 2.11. The van der Waals surface area contributed by atoms with Gasteiger partial charge in [0.25, 0.3) is 0 Å². The summed E-state index contributed by atoms with van der Waals surface area (Å²) >= 11 is 3.16. The molecule has 0 N–H and O–H groups in total. The van der Waals surface area contributed by atoms with Crippen LogP contribution in [0, 0.1) is 0 Å². The van der Waals surface area contributed by atoms with Crippen molar-refractivity contribution in [1.29, 1.82) is 0 Å². The summed E-state index contributed by atoms with van der Waals surface area (Å²) in [5.74, 6) is 0. The van der Waals surface area contributed by atoms with Crippen LogP contribution in [0.25, 0.3) is 32.5 Å². The molecule has 0 amide bonds. The molecule has 6 heteroatoms. The SMILES string of the molecule is c1cncc(-c2cc(-c3nccs3)nc(-c3nccs3)c2)c1. The molecule has 106 valence electrons. The topological polar surface area (TPSA) is 51.6 Å². The Bertz CT molecular complexity index is 819. The van der Waals surface area contributed by atoms with E-state index in [4.69, 9.17) is 4.98 Å². The number of aromatic nitrogens is 4. The lowest BCUT2D eigenvalue weighted by Crippen LogP contribution is -1.90. The lowest BCUT2D eigenvalue weighted by Gasteiger charge is -2.06. The number of thiazole rings is 2. The van der Waals surface area contributed by atoms with Crippen LogP contribution in [0.1, 0.15) is 0 Å². The second kappa shape index (κ2) is 5.75. The maximum absolute atomic E-state index is 4.72. The van der Waals surface area contributed by atoms with Crippen LogP contribution in [0.4, 0.5) is 0 Å². The number of hydrogen-bond acceptors (Lipinski definition) is 6. The average Bonchev–Trinajstić information content (AvgIpc) is 3.29. The van der Waals surface area contributed by atoms with Gasteiger partial charge < -0.3 is 0 Å². The van der Waals surface area contributed by atoms with Crippen LogP contribution in [0.5, 0.6) is 0 Å². The van der Waals surface area contributed by atoms with Gasteiger partial charge in [0.1, 0.15) is 21.4 Å². The maximum Gasteiger partial charge on any atom is 0.141 e. The minimum Gasteiger partial charge on any atom is -0.264 e. The summed E-state index contributed by atoms with van der Waals surface area (Å²) in [6.07, 6.45) is 7.21. The van der Waals surface area contributed by atoms with Gasteiger partial charge in [0, 0.05) is 41.1 Å². The van der Waals surface area contributed by atoms with Crippen molar-refractivity contribution in [2.75, 3.05) is 0 Å². The standard InChI is InChI=1S/C16H10N4S2/c1-2-11(10-17-3-1)12-8-13(15-18-4-6-21-15)20-14(9-12)16-19-5-7-22-16/h1-10H. The predicted octanol–water partition coefficient (Wildman–Crippen LogP) is 4.39. The van der Waals surface area contributed by atoms with E-state index in [1.165, 1.54) is 0 Å². The Hall–Kier alpha value is -2.44. The summed E-state index contributed by atoms with van der Waals surface area (Å²) in [6.45, 7) is 0. The van der Waals surface area contributed by atoms with E-state index in [0.29, 0.717) is 0 Å². The zero-order valence-corrected chi connectivity index (χ0v) is 13.0. The number of nitrogens with zero attached hydrogens (tertiary/aromatic N) is 4. The quantitative estimate of drug-likeness (QED) is 0.561. The third-order valence-corrected chi connectivity index (χ3v) is 4.71. The van der Waals surface area contributed by atoms with Crippen molar-refractivity contribution < 1.29 is 0 Å². The van der Waals surface area contributed by atoms with Crippen LogP contribution in [0.3, 0.4) is 0 Å². The predicted molar refractivity (Wildman–Crippen MR) is 89.7 cm³/mol. The Morgan fingerprint density at radius 3 is 1.95 bits per heavy atom. The molecule has 4 nitrogen and oxygen atoms in total. The number of rotatable bonds is 3.